The van der Waals surface area contributed by atoms with E-state index in [4.69, 9.17) is 5.11 Å². The maximum Gasteiger partial charge on any atom is 0.305 e. The molecule has 1 saturated heterocycles. The van der Waals surface area contributed by atoms with E-state index >= 15 is 0 Å². The number of carboxylic acid groups (broad SMARTS) is 1. The van der Waals surface area contributed by atoms with Crippen LogP contribution in [0, 0.1) is 0 Å². The van der Waals surface area contributed by atoms with Crippen LogP contribution in [0.3, 0.4) is 0 Å². The molecule has 5 heteroatoms. The van der Waals surface area contributed by atoms with E-state index in [2.05, 4.69) is 0 Å². The average molecular weight is 212 g/mol. The molecule has 84 valence electrons. The van der Waals surface area contributed by atoms with Gasteiger partial charge in [0.25, 0.3) is 0 Å². The second kappa shape index (κ2) is 3.81. The third kappa shape index (κ3) is 2.12. The van der Waals surface area contributed by atoms with Gasteiger partial charge in [-0.2, -0.15) is 0 Å². The predicted molar refractivity (Wildman–Crippen MR) is 53.4 cm³/mol. The van der Waals surface area contributed by atoms with Crippen molar-refractivity contribution < 1.29 is 14.7 Å². The summed E-state index contributed by atoms with van der Waals surface area (Å²) >= 11 is 0. The first-order valence-electron chi connectivity index (χ1n) is 5.32. The number of nitrogens with zero attached hydrogens (tertiary/aromatic N) is 2. The van der Waals surface area contributed by atoms with Crippen LogP contribution >= 0.6 is 0 Å². The van der Waals surface area contributed by atoms with E-state index in [1.807, 2.05) is 16.8 Å². The summed E-state index contributed by atoms with van der Waals surface area (Å²) in [7, 11) is 1.82. The van der Waals surface area contributed by atoms with Crippen molar-refractivity contribution in [1.29, 1.82) is 0 Å². The summed E-state index contributed by atoms with van der Waals surface area (Å²) in [4.78, 5) is 26.3. The molecule has 1 atom stereocenters. The zero-order valence-electron chi connectivity index (χ0n) is 8.85. The van der Waals surface area contributed by atoms with Gasteiger partial charge in [0.05, 0.1) is 12.5 Å². The molecule has 2 rings (SSSR count). The third-order valence-corrected chi connectivity index (χ3v) is 3.15. The lowest BCUT2D eigenvalue weighted by Gasteiger charge is -2.38. The molecule has 0 aromatic rings. The van der Waals surface area contributed by atoms with Crippen molar-refractivity contribution in [3.05, 3.63) is 0 Å². The van der Waals surface area contributed by atoms with Crippen LogP contribution < -0.4 is 0 Å². The van der Waals surface area contributed by atoms with Crippen molar-refractivity contribution in [2.75, 3.05) is 20.1 Å². The largest absolute Gasteiger partial charge is 0.481 e. The Morgan fingerprint density at radius 3 is 2.67 bits per heavy atom. The van der Waals surface area contributed by atoms with Gasteiger partial charge in [0, 0.05) is 19.1 Å². The van der Waals surface area contributed by atoms with Crippen molar-refractivity contribution in [2.45, 2.75) is 31.3 Å². The zero-order chi connectivity index (χ0) is 11.0. The van der Waals surface area contributed by atoms with E-state index < -0.39 is 12.0 Å². The highest BCUT2D eigenvalue weighted by Crippen LogP contribution is 2.29. The molecule has 1 N–H and O–H groups in total. The molecule has 2 aliphatic rings. The van der Waals surface area contributed by atoms with Gasteiger partial charge >= 0.3 is 5.97 Å². The lowest BCUT2D eigenvalue weighted by atomic mass is 10.1. The normalized spacial score (nSPS) is 28.2. The first-order chi connectivity index (χ1) is 7.09. The Labute approximate surface area is 88.6 Å². The summed E-state index contributed by atoms with van der Waals surface area (Å²) in [5.74, 6) is -0.911. The van der Waals surface area contributed by atoms with Crippen LogP contribution in [-0.4, -0.2) is 59.0 Å². The minimum Gasteiger partial charge on any atom is -0.481 e. The molecule has 5 nitrogen and oxygen atoms in total. The molecule has 1 aliphatic carbocycles. The van der Waals surface area contributed by atoms with Gasteiger partial charge in [-0.3, -0.25) is 14.5 Å². The van der Waals surface area contributed by atoms with Gasteiger partial charge in [0.15, 0.2) is 0 Å². The van der Waals surface area contributed by atoms with Crippen LogP contribution in [0.4, 0.5) is 0 Å². The van der Waals surface area contributed by atoms with Gasteiger partial charge in [-0.05, 0) is 19.9 Å². The van der Waals surface area contributed by atoms with Gasteiger partial charge in [0.2, 0.25) is 5.91 Å². The van der Waals surface area contributed by atoms with Gasteiger partial charge in [0.1, 0.15) is 0 Å². The molecular weight excluding hydrogens is 196 g/mol. The molecule has 1 amide bonds. The molecule has 1 saturated carbocycles. The molecule has 0 radical (unpaired) electrons. The molecular formula is C10H16N2O3. The fourth-order valence-corrected chi connectivity index (χ4v) is 2.07. The highest BCUT2D eigenvalue weighted by Gasteiger charge is 2.40. The van der Waals surface area contributed by atoms with Crippen LogP contribution in [0.1, 0.15) is 19.3 Å². The molecule has 15 heavy (non-hydrogen) atoms. The van der Waals surface area contributed by atoms with Crippen molar-refractivity contribution in [3.8, 4) is 0 Å². The summed E-state index contributed by atoms with van der Waals surface area (Å²) < 4.78 is 0. The van der Waals surface area contributed by atoms with Gasteiger partial charge in [-0.25, -0.2) is 0 Å². The monoisotopic (exact) mass is 212 g/mol. The lowest BCUT2D eigenvalue weighted by Crippen LogP contribution is -2.56. The zero-order valence-corrected chi connectivity index (χ0v) is 8.85. The lowest BCUT2D eigenvalue weighted by molar-refractivity contribution is -0.148. The average Bonchev–Trinajstić information content (AvgIpc) is 2.95. The highest BCUT2D eigenvalue weighted by atomic mass is 16.4. The fourth-order valence-electron chi connectivity index (χ4n) is 2.07. The number of hydrogen-bond acceptors (Lipinski definition) is 3. The Kier molecular flexibility index (Phi) is 2.65. The molecule has 2 fully saturated rings. The number of carbonyl (C=O) groups excluding carboxylic acids is 1. The standard InChI is InChI=1S/C10H16N2O3/c1-11-4-5-12(7-2-3-7)10(15)8(11)6-9(13)14/h7-8H,2-6H2,1H3,(H,13,14). The minimum atomic E-state index is -0.905. The maximum absolute atomic E-state index is 12.0. The predicted octanol–water partition coefficient (Wildman–Crippen LogP) is -0.234. The summed E-state index contributed by atoms with van der Waals surface area (Å²) in [6, 6.07) is -0.0701. The molecule has 1 aliphatic heterocycles. The quantitative estimate of drug-likeness (QED) is 0.701. The first kappa shape index (κ1) is 10.4. The summed E-state index contributed by atoms with van der Waals surface area (Å²) in [5.41, 5.74) is 0. The van der Waals surface area contributed by atoms with Crippen LogP contribution in [-0.2, 0) is 9.59 Å². The second-order valence-electron chi connectivity index (χ2n) is 4.36. The Bertz CT molecular complexity index is 288. The molecule has 0 bridgehead atoms. The van der Waals surface area contributed by atoms with E-state index in [0.29, 0.717) is 6.04 Å². The third-order valence-electron chi connectivity index (χ3n) is 3.15. The van der Waals surface area contributed by atoms with Crippen LogP contribution in [0.5, 0.6) is 0 Å². The Balaban J connectivity index is 2.04. The Hall–Kier alpha value is -1.10. The van der Waals surface area contributed by atoms with Crippen molar-refractivity contribution in [2.24, 2.45) is 0 Å². The minimum absolute atomic E-state index is 0.00588. The number of piperazine rings is 1. The maximum atomic E-state index is 12.0. The van der Waals surface area contributed by atoms with E-state index in [1.165, 1.54) is 0 Å². The molecule has 0 aromatic carbocycles. The number of amides is 1. The molecule has 0 aromatic heterocycles. The van der Waals surface area contributed by atoms with Crippen molar-refractivity contribution in [3.63, 3.8) is 0 Å². The molecule has 0 spiro atoms. The van der Waals surface area contributed by atoms with Crippen molar-refractivity contribution in [1.82, 2.24) is 9.80 Å². The number of aliphatic carboxylic acids is 1. The number of hydrogen-bond donors (Lipinski definition) is 1. The Morgan fingerprint density at radius 1 is 1.47 bits per heavy atom. The van der Waals surface area contributed by atoms with E-state index in [9.17, 15) is 9.59 Å². The number of rotatable bonds is 3. The first-order valence-corrected chi connectivity index (χ1v) is 5.32. The van der Waals surface area contributed by atoms with E-state index in [-0.39, 0.29) is 12.3 Å². The second-order valence-corrected chi connectivity index (χ2v) is 4.36. The SMILES string of the molecule is CN1CCN(C2CC2)C(=O)C1CC(=O)O. The number of carboxylic acids is 1. The van der Waals surface area contributed by atoms with Crippen molar-refractivity contribution >= 4 is 11.9 Å². The van der Waals surface area contributed by atoms with Gasteiger partial charge in [-0.1, -0.05) is 0 Å². The highest BCUT2D eigenvalue weighted by molar-refractivity contribution is 5.87. The summed E-state index contributed by atoms with van der Waals surface area (Å²) in [6.45, 7) is 1.52. The number of likely N-dealkylation sites (N-methyl/N-ethyl adjacent to an activating group) is 1. The summed E-state index contributed by atoms with van der Waals surface area (Å²) in [6.07, 6.45) is 2.07. The molecule has 1 heterocycles. The topological polar surface area (TPSA) is 60.9 Å². The van der Waals surface area contributed by atoms with Crippen LogP contribution in [0.25, 0.3) is 0 Å². The molecule has 1 unspecified atom stereocenters. The Morgan fingerprint density at radius 2 is 2.13 bits per heavy atom. The van der Waals surface area contributed by atoms with Crippen LogP contribution in [0.15, 0.2) is 0 Å². The van der Waals surface area contributed by atoms with Gasteiger partial charge < -0.3 is 10.0 Å². The van der Waals surface area contributed by atoms with Gasteiger partial charge in [-0.15, -0.1) is 0 Å². The smallest absolute Gasteiger partial charge is 0.305 e. The van der Waals surface area contributed by atoms with Crippen LogP contribution in [0.2, 0.25) is 0 Å². The number of carbonyl (C=O) groups is 2. The van der Waals surface area contributed by atoms with E-state index in [1.54, 1.807) is 0 Å². The van der Waals surface area contributed by atoms with E-state index in [0.717, 1.165) is 25.9 Å². The fraction of sp³-hybridized carbons (Fsp3) is 0.800. The summed E-state index contributed by atoms with van der Waals surface area (Å²) in [5, 5.41) is 8.74.